The van der Waals surface area contributed by atoms with E-state index in [-0.39, 0.29) is 0 Å². The summed E-state index contributed by atoms with van der Waals surface area (Å²) in [6.07, 6.45) is 1.76. The van der Waals surface area contributed by atoms with Gasteiger partial charge in [-0.2, -0.15) is 0 Å². The van der Waals surface area contributed by atoms with Gasteiger partial charge in [0.1, 0.15) is 6.61 Å². The minimum atomic E-state index is 0.488. The molecule has 0 amide bonds. The predicted octanol–water partition coefficient (Wildman–Crippen LogP) is 4.76. The van der Waals surface area contributed by atoms with E-state index in [0.717, 1.165) is 24.2 Å². The van der Waals surface area contributed by atoms with E-state index >= 15 is 0 Å². The quantitative estimate of drug-likeness (QED) is 0.498. The van der Waals surface area contributed by atoms with Crippen molar-refractivity contribution in [2.75, 3.05) is 4.90 Å². The van der Waals surface area contributed by atoms with Crippen molar-refractivity contribution in [1.82, 2.24) is 0 Å². The maximum atomic E-state index is 5.35. The number of rotatable bonds is 5. The van der Waals surface area contributed by atoms with Gasteiger partial charge in [-0.1, -0.05) is 71.9 Å². The van der Waals surface area contributed by atoms with Gasteiger partial charge in [-0.25, -0.2) is 0 Å². The van der Waals surface area contributed by atoms with Gasteiger partial charge >= 0.3 is 0 Å². The van der Waals surface area contributed by atoms with Gasteiger partial charge in [-0.05, 0) is 34.4 Å². The van der Waals surface area contributed by atoms with Gasteiger partial charge in [-0.3, -0.25) is 0 Å². The van der Waals surface area contributed by atoms with Crippen LogP contribution in [0.25, 0.3) is 0 Å². The van der Waals surface area contributed by atoms with Gasteiger partial charge in [0.05, 0.1) is 6.21 Å². The first kappa shape index (κ1) is 15.5. The lowest BCUT2D eigenvalue weighted by molar-refractivity contribution is 0.132. The molecule has 3 nitrogen and oxygen atoms in total. The molecule has 3 aromatic carbocycles. The van der Waals surface area contributed by atoms with Crippen molar-refractivity contribution in [3.05, 3.63) is 101 Å². The van der Waals surface area contributed by atoms with Crippen LogP contribution >= 0.6 is 0 Å². The minimum absolute atomic E-state index is 0.488. The van der Waals surface area contributed by atoms with Crippen molar-refractivity contribution in [1.29, 1.82) is 0 Å². The SMILES string of the molecule is C(=N\OCc1ccccc1)/c1ccc(N2Cc3ccccc3C2)cc1. The summed E-state index contributed by atoms with van der Waals surface area (Å²) < 4.78 is 0. The molecule has 0 fully saturated rings. The fraction of sp³-hybridized carbons (Fsp3) is 0.136. The van der Waals surface area contributed by atoms with E-state index < -0.39 is 0 Å². The van der Waals surface area contributed by atoms with E-state index in [1.807, 2.05) is 30.3 Å². The average Bonchev–Trinajstić information content (AvgIpc) is 3.11. The summed E-state index contributed by atoms with van der Waals surface area (Å²) in [6, 6.07) is 27.1. The highest BCUT2D eigenvalue weighted by atomic mass is 16.6. The summed E-state index contributed by atoms with van der Waals surface area (Å²) in [7, 11) is 0. The molecule has 0 N–H and O–H groups in total. The fourth-order valence-corrected chi connectivity index (χ4v) is 3.07. The van der Waals surface area contributed by atoms with E-state index in [4.69, 9.17) is 4.84 Å². The molecule has 0 aromatic heterocycles. The summed E-state index contributed by atoms with van der Waals surface area (Å²) in [5, 5.41) is 4.06. The third-order valence-electron chi connectivity index (χ3n) is 4.45. The largest absolute Gasteiger partial charge is 0.391 e. The molecule has 1 heterocycles. The maximum absolute atomic E-state index is 5.35. The molecule has 1 aliphatic heterocycles. The molecule has 124 valence electrons. The Labute approximate surface area is 148 Å². The average molecular weight is 328 g/mol. The summed E-state index contributed by atoms with van der Waals surface area (Å²) in [5.41, 5.74) is 6.22. The Hall–Kier alpha value is -3.07. The minimum Gasteiger partial charge on any atom is -0.391 e. The van der Waals surface area contributed by atoms with Crippen molar-refractivity contribution in [3.8, 4) is 0 Å². The highest BCUT2D eigenvalue weighted by molar-refractivity contribution is 5.80. The third-order valence-corrected chi connectivity index (χ3v) is 4.45. The molecular weight excluding hydrogens is 308 g/mol. The van der Waals surface area contributed by atoms with Crippen LogP contribution in [0.3, 0.4) is 0 Å². The maximum Gasteiger partial charge on any atom is 0.142 e. The smallest absolute Gasteiger partial charge is 0.142 e. The zero-order valence-corrected chi connectivity index (χ0v) is 14.0. The molecule has 3 aromatic rings. The molecule has 0 aliphatic carbocycles. The van der Waals surface area contributed by atoms with Gasteiger partial charge < -0.3 is 9.74 Å². The zero-order chi connectivity index (χ0) is 16.9. The molecule has 1 aliphatic rings. The van der Waals surface area contributed by atoms with Crippen molar-refractivity contribution in [2.24, 2.45) is 5.16 Å². The lowest BCUT2D eigenvalue weighted by atomic mass is 10.1. The molecular formula is C22H20N2O. The van der Waals surface area contributed by atoms with Crippen LogP contribution in [0.2, 0.25) is 0 Å². The Balaban J connectivity index is 1.34. The van der Waals surface area contributed by atoms with Crippen molar-refractivity contribution in [3.63, 3.8) is 0 Å². The molecule has 0 atom stereocenters. The van der Waals surface area contributed by atoms with Crippen molar-refractivity contribution in [2.45, 2.75) is 19.7 Å². The van der Waals surface area contributed by atoms with Gasteiger partial charge in [0.25, 0.3) is 0 Å². The van der Waals surface area contributed by atoms with Crippen LogP contribution in [-0.4, -0.2) is 6.21 Å². The topological polar surface area (TPSA) is 24.8 Å². The highest BCUT2D eigenvalue weighted by Gasteiger charge is 2.18. The highest BCUT2D eigenvalue weighted by Crippen LogP contribution is 2.27. The summed E-state index contributed by atoms with van der Waals surface area (Å²) in [6.45, 7) is 2.44. The van der Waals surface area contributed by atoms with E-state index in [9.17, 15) is 0 Å². The first-order chi connectivity index (χ1) is 12.4. The Morgan fingerprint density at radius 2 is 1.44 bits per heavy atom. The van der Waals surface area contributed by atoms with Crippen LogP contribution in [0.15, 0.2) is 84.0 Å². The van der Waals surface area contributed by atoms with Gasteiger partial charge in [0, 0.05) is 18.8 Å². The van der Waals surface area contributed by atoms with E-state index in [0.29, 0.717) is 6.61 Å². The number of benzene rings is 3. The fourth-order valence-electron chi connectivity index (χ4n) is 3.07. The normalized spacial score (nSPS) is 13.2. The number of hydrogen-bond donors (Lipinski definition) is 0. The van der Waals surface area contributed by atoms with Gasteiger partial charge in [0.15, 0.2) is 0 Å². The van der Waals surface area contributed by atoms with Crippen LogP contribution in [0, 0.1) is 0 Å². The molecule has 25 heavy (non-hydrogen) atoms. The van der Waals surface area contributed by atoms with Crippen molar-refractivity contribution >= 4 is 11.9 Å². The monoisotopic (exact) mass is 328 g/mol. The lowest BCUT2D eigenvalue weighted by Crippen LogP contribution is -2.14. The number of hydrogen-bond acceptors (Lipinski definition) is 3. The van der Waals surface area contributed by atoms with Gasteiger partial charge in [-0.15, -0.1) is 0 Å². The molecule has 4 rings (SSSR count). The Morgan fingerprint density at radius 3 is 2.12 bits per heavy atom. The van der Waals surface area contributed by atoms with E-state index in [1.54, 1.807) is 6.21 Å². The second-order valence-electron chi connectivity index (χ2n) is 6.21. The van der Waals surface area contributed by atoms with Crippen LogP contribution in [0.1, 0.15) is 22.3 Å². The number of oxime groups is 1. The predicted molar refractivity (Wildman–Crippen MR) is 102 cm³/mol. The first-order valence-corrected chi connectivity index (χ1v) is 8.49. The summed E-state index contributed by atoms with van der Waals surface area (Å²) >= 11 is 0. The molecule has 0 unspecified atom stereocenters. The third kappa shape index (κ3) is 3.72. The van der Waals surface area contributed by atoms with E-state index in [1.165, 1.54) is 16.8 Å². The second kappa shape index (κ2) is 7.22. The zero-order valence-electron chi connectivity index (χ0n) is 14.0. The Bertz CT molecular complexity index is 832. The number of fused-ring (bicyclic) bond motifs is 1. The molecule has 0 radical (unpaired) electrons. The first-order valence-electron chi connectivity index (χ1n) is 8.49. The van der Waals surface area contributed by atoms with Crippen LogP contribution in [0.5, 0.6) is 0 Å². The van der Waals surface area contributed by atoms with Gasteiger partial charge in [0.2, 0.25) is 0 Å². The summed E-state index contributed by atoms with van der Waals surface area (Å²) in [4.78, 5) is 7.74. The van der Waals surface area contributed by atoms with Crippen molar-refractivity contribution < 1.29 is 4.84 Å². The summed E-state index contributed by atoms with van der Waals surface area (Å²) in [5.74, 6) is 0. The molecule has 0 spiro atoms. The standard InChI is InChI=1S/C22H20N2O/c1-2-6-19(7-3-1)17-25-23-14-18-10-12-22(13-11-18)24-15-20-8-4-5-9-21(20)16-24/h1-14H,15-17H2/b23-14+. The Kier molecular flexibility index (Phi) is 4.46. The molecule has 0 saturated heterocycles. The molecule has 3 heteroatoms. The van der Waals surface area contributed by atoms with Crippen LogP contribution in [0.4, 0.5) is 5.69 Å². The number of nitrogens with zero attached hydrogens (tertiary/aromatic N) is 2. The Morgan fingerprint density at radius 1 is 0.800 bits per heavy atom. The van der Waals surface area contributed by atoms with Crippen LogP contribution in [-0.2, 0) is 24.5 Å². The molecule has 0 bridgehead atoms. The molecule has 0 saturated carbocycles. The van der Waals surface area contributed by atoms with E-state index in [2.05, 4.69) is 58.6 Å². The lowest BCUT2D eigenvalue weighted by Gasteiger charge is -2.17. The van der Waals surface area contributed by atoms with Crippen LogP contribution < -0.4 is 4.90 Å². The number of anilines is 1. The second-order valence-corrected chi connectivity index (χ2v) is 6.21.